The first-order chi connectivity index (χ1) is 12.0. The fraction of sp³-hybridized carbons (Fsp3) is 0.211. The van der Waals surface area contributed by atoms with E-state index in [0.717, 1.165) is 22.1 Å². The van der Waals surface area contributed by atoms with Crippen molar-refractivity contribution in [2.24, 2.45) is 0 Å². The second-order valence-corrected chi connectivity index (χ2v) is 6.45. The predicted molar refractivity (Wildman–Crippen MR) is 97.5 cm³/mol. The van der Waals surface area contributed by atoms with Gasteiger partial charge in [-0.3, -0.25) is 4.79 Å². The maximum Gasteiger partial charge on any atom is 0.310 e. The third kappa shape index (κ3) is 3.75. The van der Waals surface area contributed by atoms with Crippen LogP contribution in [0.15, 0.2) is 41.0 Å². The summed E-state index contributed by atoms with van der Waals surface area (Å²) in [5.41, 5.74) is 3.19. The summed E-state index contributed by atoms with van der Waals surface area (Å²) in [4.78, 5) is 11.5. The first-order valence-electron chi connectivity index (χ1n) is 7.63. The monoisotopic (exact) mass is 378 g/mol. The van der Waals surface area contributed by atoms with E-state index in [1.165, 1.54) is 7.11 Å². The van der Waals surface area contributed by atoms with Gasteiger partial charge in [0.15, 0.2) is 0 Å². The highest BCUT2D eigenvalue weighted by atomic mass is 35.5. The van der Waals surface area contributed by atoms with Gasteiger partial charge in [0.1, 0.15) is 17.9 Å². The molecule has 4 nitrogen and oxygen atoms in total. The van der Waals surface area contributed by atoms with Gasteiger partial charge in [-0.2, -0.15) is 0 Å². The summed E-state index contributed by atoms with van der Waals surface area (Å²) in [6.07, 6.45) is 1.75. The summed E-state index contributed by atoms with van der Waals surface area (Å²) < 4.78 is 16.2. The van der Waals surface area contributed by atoms with Crippen molar-refractivity contribution in [1.82, 2.24) is 0 Å². The van der Waals surface area contributed by atoms with Crippen LogP contribution in [0.3, 0.4) is 0 Å². The molecule has 0 atom stereocenters. The topological polar surface area (TPSA) is 48.7 Å². The van der Waals surface area contributed by atoms with Gasteiger partial charge >= 0.3 is 5.97 Å². The van der Waals surface area contributed by atoms with E-state index in [1.54, 1.807) is 18.4 Å². The quantitative estimate of drug-likeness (QED) is 0.562. The molecule has 1 aromatic heterocycles. The lowest BCUT2D eigenvalue weighted by molar-refractivity contribution is -0.139. The molecule has 0 aliphatic carbocycles. The fourth-order valence-electron chi connectivity index (χ4n) is 2.59. The van der Waals surface area contributed by atoms with Crippen LogP contribution in [0.4, 0.5) is 0 Å². The molecule has 6 heteroatoms. The normalized spacial score (nSPS) is 10.9. The molecule has 3 rings (SSSR count). The maximum atomic E-state index is 11.5. The van der Waals surface area contributed by atoms with Gasteiger partial charge in [-0.05, 0) is 31.2 Å². The van der Waals surface area contributed by atoms with Crippen LogP contribution >= 0.6 is 23.2 Å². The Morgan fingerprint density at radius 1 is 1.16 bits per heavy atom. The van der Waals surface area contributed by atoms with E-state index in [1.807, 2.05) is 25.1 Å². The first-order valence-corrected chi connectivity index (χ1v) is 8.38. The number of carbonyl (C=O) groups excluding carboxylic acids is 1. The minimum atomic E-state index is -0.307. The van der Waals surface area contributed by atoms with Gasteiger partial charge in [0.2, 0.25) is 0 Å². The SMILES string of the molecule is COC(=O)Cc1coc2c(C)c(OCc3ccc(Cl)cc3Cl)ccc12. The zero-order valence-corrected chi connectivity index (χ0v) is 15.3. The van der Waals surface area contributed by atoms with Crippen LogP contribution in [0.25, 0.3) is 11.0 Å². The number of rotatable bonds is 5. The number of fused-ring (bicyclic) bond motifs is 1. The van der Waals surface area contributed by atoms with Crippen molar-refractivity contribution >= 4 is 40.1 Å². The van der Waals surface area contributed by atoms with Gasteiger partial charge in [-0.25, -0.2) is 0 Å². The molecule has 0 radical (unpaired) electrons. The molecule has 0 aliphatic heterocycles. The second kappa shape index (κ2) is 7.38. The average molecular weight is 379 g/mol. The lowest BCUT2D eigenvalue weighted by Gasteiger charge is -2.11. The number of halogens is 2. The molecule has 0 bridgehead atoms. The molecule has 3 aromatic rings. The lowest BCUT2D eigenvalue weighted by atomic mass is 10.1. The van der Waals surface area contributed by atoms with Crippen LogP contribution in [0.2, 0.25) is 10.0 Å². The van der Waals surface area contributed by atoms with Crippen LogP contribution < -0.4 is 4.74 Å². The Morgan fingerprint density at radius 3 is 2.68 bits per heavy atom. The first kappa shape index (κ1) is 17.6. The number of methoxy groups -OCH3 is 1. The van der Waals surface area contributed by atoms with Crippen molar-refractivity contribution in [2.75, 3.05) is 7.11 Å². The molecule has 0 saturated carbocycles. The van der Waals surface area contributed by atoms with Crippen LogP contribution in [0.1, 0.15) is 16.7 Å². The number of benzene rings is 2. The highest BCUT2D eigenvalue weighted by molar-refractivity contribution is 6.35. The van der Waals surface area contributed by atoms with E-state index in [4.69, 9.17) is 37.1 Å². The number of aryl methyl sites for hydroxylation is 1. The third-order valence-electron chi connectivity index (χ3n) is 3.98. The zero-order chi connectivity index (χ0) is 18.0. The van der Waals surface area contributed by atoms with Crippen LogP contribution in [0, 0.1) is 6.92 Å². The molecule has 0 aliphatic rings. The number of hydrogen-bond acceptors (Lipinski definition) is 4. The molecule has 0 N–H and O–H groups in total. The Labute approximate surface area is 155 Å². The molecule has 0 saturated heterocycles. The molecule has 130 valence electrons. The summed E-state index contributed by atoms with van der Waals surface area (Å²) >= 11 is 12.1. The van der Waals surface area contributed by atoms with Crippen molar-refractivity contribution in [3.63, 3.8) is 0 Å². The van der Waals surface area contributed by atoms with Crippen molar-refractivity contribution < 1.29 is 18.7 Å². The van der Waals surface area contributed by atoms with Gasteiger partial charge in [0.05, 0.1) is 19.8 Å². The highest BCUT2D eigenvalue weighted by Crippen LogP contribution is 2.32. The Bertz CT molecular complexity index is 931. The Hall–Kier alpha value is -2.17. The highest BCUT2D eigenvalue weighted by Gasteiger charge is 2.15. The summed E-state index contributed by atoms with van der Waals surface area (Å²) in [7, 11) is 1.36. The van der Waals surface area contributed by atoms with Gasteiger partial charge in [0.25, 0.3) is 0 Å². The van der Waals surface area contributed by atoms with Crippen LogP contribution in [0.5, 0.6) is 5.75 Å². The van der Waals surface area contributed by atoms with Crippen molar-refractivity contribution in [2.45, 2.75) is 20.0 Å². The van der Waals surface area contributed by atoms with Crippen molar-refractivity contribution in [1.29, 1.82) is 0 Å². The van der Waals surface area contributed by atoms with E-state index >= 15 is 0 Å². The van der Waals surface area contributed by atoms with Crippen molar-refractivity contribution in [3.05, 3.63) is 63.3 Å². The maximum absolute atomic E-state index is 11.5. The van der Waals surface area contributed by atoms with Crippen LogP contribution in [-0.2, 0) is 22.6 Å². The molecule has 0 fully saturated rings. The van der Waals surface area contributed by atoms with E-state index in [2.05, 4.69) is 0 Å². The van der Waals surface area contributed by atoms with E-state index < -0.39 is 0 Å². The molecular formula is C19H16Cl2O4. The van der Waals surface area contributed by atoms with Gasteiger partial charge in [0, 0.05) is 32.1 Å². The van der Waals surface area contributed by atoms with E-state index in [9.17, 15) is 4.79 Å². The number of esters is 1. The predicted octanol–water partition coefficient (Wildman–Crippen LogP) is 5.34. The number of ether oxygens (including phenoxy) is 2. The number of hydrogen-bond donors (Lipinski definition) is 0. The number of carbonyl (C=O) groups is 1. The number of furan rings is 1. The average Bonchev–Trinajstić information content (AvgIpc) is 2.99. The smallest absolute Gasteiger partial charge is 0.310 e. The minimum Gasteiger partial charge on any atom is -0.488 e. The standard InChI is InChI=1S/C19H16Cl2O4/c1-11-17(24-9-12-3-4-14(20)8-16(12)21)6-5-15-13(7-18(22)23-2)10-25-19(11)15/h3-6,8,10H,7,9H2,1-2H3. The summed E-state index contributed by atoms with van der Waals surface area (Å²) in [6, 6.07) is 9.03. The lowest BCUT2D eigenvalue weighted by Crippen LogP contribution is -2.03. The molecule has 0 spiro atoms. The summed E-state index contributed by atoms with van der Waals surface area (Å²) in [5.74, 6) is 0.385. The molecule has 1 heterocycles. The Morgan fingerprint density at radius 2 is 1.96 bits per heavy atom. The summed E-state index contributed by atoms with van der Waals surface area (Å²) in [5, 5.41) is 2.02. The van der Waals surface area contributed by atoms with Gasteiger partial charge in [-0.15, -0.1) is 0 Å². The molecule has 2 aromatic carbocycles. The zero-order valence-electron chi connectivity index (χ0n) is 13.8. The molecule has 25 heavy (non-hydrogen) atoms. The molecule has 0 unspecified atom stereocenters. The van der Waals surface area contributed by atoms with Crippen LogP contribution in [-0.4, -0.2) is 13.1 Å². The van der Waals surface area contributed by atoms with Crippen molar-refractivity contribution in [3.8, 4) is 5.75 Å². The van der Waals surface area contributed by atoms with E-state index in [0.29, 0.717) is 28.0 Å². The molecular weight excluding hydrogens is 363 g/mol. The van der Waals surface area contributed by atoms with Gasteiger partial charge in [-0.1, -0.05) is 29.3 Å². The van der Waals surface area contributed by atoms with Gasteiger partial charge < -0.3 is 13.9 Å². The fourth-order valence-corrected chi connectivity index (χ4v) is 3.05. The second-order valence-electron chi connectivity index (χ2n) is 5.60. The Balaban J connectivity index is 1.83. The third-order valence-corrected chi connectivity index (χ3v) is 4.57. The molecule has 0 amide bonds. The largest absolute Gasteiger partial charge is 0.488 e. The summed E-state index contributed by atoms with van der Waals surface area (Å²) in [6.45, 7) is 2.23. The van der Waals surface area contributed by atoms with E-state index in [-0.39, 0.29) is 12.4 Å². The minimum absolute atomic E-state index is 0.170. The Kier molecular flexibility index (Phi) is 5.21.